The van der Waals surface area contributed by atoms with Crippen molar-refractivity contribution >= 4 is 45.2 Å². The van der Waals surface area contributed by atoms with Crippen LogP contribution in [0, 0.1) is 10.1 Å². The Morgan fingerprint density at radius 1 is 1.19 bits per heavy atom. The molecule has 0 aliphatic rings. The van der Waals surface area contributed by atoms with Crippen LogP contribution in [0.3, 0.4) is 0 Å². The SMILES string of the molecule is CCCCNC(=O)C(C)N(Cc1cccc(Br)c1)C(=O)CSCc1ccc([N+](=O)[O-])cc1. The molecule has 0 heterocycles. The van der Waals surface area contributed by atoms with Crippen LogP contribution in [0.5, 0.6) is 0 Å². The number of amides is 2. The highest BCUT2D eigenvalue weighted by Gasteiger charge is 2.26. The Hall–Kier alpha value is -2.39. The number of nitro groups is 1. The highest BCUT2D eigenvalue weighted by molar-refractivity contribution is 9.10. The third-order valence-corrected chi connectivity index (χ3v) is 6.36. The number of nitrogens with one attached hydrogen (secondary N) is 1. The summed E-state index contributed by atoms with van der Waals surface area (Å²) in [5, 5.41) is 13.7. The van der Waals surface area contributed by atoms with Crippen molar-refractivity contribution in [1.82, 2.24) is 10.2 Å². The quantitative estimate of drug-likeness (QED) is 0.243. The Morgan fingerprint density at radius 3 is 2.53 bits per heavy atom. The van der Waals surface area contributed by atoms with Gasteiger partial charge in [0.05, 0.1) is 10.7 Å². The van der Waals surface area contributed by atoms with E-state index in [1.807, 2.05) is 24.3 Å². The van der Waals surface area contributed by atoms with Gasteiger partial charge in [-0.3, -0.25) is 19.7 Å². The lowest BCUT2D eigenvalue weighted by molar-refractivity contribution is -0.384. The number of carbonyl (C=O) groups is 2. The Labute approximate surface area is 201 Å². The zero-order valence-corrected chi connectivity index (χ0v) is 20.7. The van der Waals surface area contributed by atoms with Gasteiger partial charge in [-0.25, -0.2) is 0 Å². The van der Waals surface area contributed by atoms with E-state index in [1.165, 1.54) is 23.9 Å². The summed E-state index contributed by atoms with van der Waals surface area (Å²) < 4.78 is 0.912. The smallest absolute Gasteiger partial charge is 0.269 e. The Kier molecular flexibility index (Phi) is 10.7. The van der Waals surface area contributed by atoms with Crippen LogP contribution in [-0.4, -0.2) is 40.0 Å². The highest BCUT2D eigenvalue weighted by atomic mass is 79.9. The van der Waals surface area contributed by atoms with E-state index in [2.05, 4.69) is 28.2 Å². The van der Waals surface area contributed by atoms with E-state index < -0.39 is 11.0 Å². The molecule has 7 nitrogen and oxygen atoms in total. The second kappa shape index (κ2) is 13.2. The normalized spacial score (nSPS) is 11.6. The number of halogens is 1. The van der Waals surface area contributed by atoms with Crippen LogP contribution in [0.2, 0.25) is 0 Å². The fourth-order valence-electron chi connectivity index (χ4n) is 3.00. The van der Waals surface area contributed by atoms with Crippen molar-refractivity contribution in [1.29, 1.82) is 0 Å². The van der Waals surface area contributed by atoms with E-state index in [0.717, 1.165) is 28.4 Å². The molecule has 0 fully saturated rings. The molecule has 1 atom stereocenters. The van der Waals surface area contributed by atoms with Crippen LogP contribution in [0.4, 0.5) is 5.69 Å². The van der Waals surface area contributed by atoms with Crippen LogP contribution in [0.15, 0.2) is 53.0 Å². The van der Waals surface area contributed by atoms with Gasteiger partial charge in [0.1, 0.15) is 6.04 Å². The van der Waals surface area contributed by atoms with E-state index in [9.17, 15) is 19.7 Å². The zero-order chi connectivity index (χ0) is 23.5. The molecular formula is C23H28BrN3O4S. The summed E-state index contributed by atoms with van der Waals surface area (Å²) in [5.41, 5.74) is 1.87. The summed E-state index contributed by atoms with van der Waals surface area (Å²) in [6.45, 7) is 4.73. The molecule has 2 amide bonds. The van der Waals surface area contributed by atoms with Gasteiger partial charge in [0.15, 0.2) is 0 Å². The molecule has 1 unspecified atom stereocenters. The van der Waals surface area contributed by atoms with E-state index >= 15 is 0 Å². The number of rotatable bonds is 12. The molecule has 0 saturated carbocycles. The summed E-state index contributed by atoms with van der Waals surface area (Å²) in [7, 11) is 0. The van der Waals surface area contributed by atoms with E-state index in [-0.39, 0.29) is 23.3 Å². The third kappa shape index (κ3) is 8.27. The number of unbranched alkanes of at least 4 members (excludes halogenated alkanes) is 1. The van der Waals surface area contributed by atoms with E-state index in [1.54, 1.807) is 24.0 Å². The zero-order valence-electron chi connectivity index (χ0n) is 18.3. The monoisotopic (exact) mass is 521 g/mol. The van der Waals surface area contributed by atoms with Crippen molar-refractivity contribution in [2.24, 2.45) is 0 Å². The lowest BCUT2D eigenvalue weighted by Crippen LogP contribution is -2.48. The maximum absolute atomic E-state index is 13.1. The fraction of sp³-hybridized carbons (Fsp3) is 0.391. The predicted octanol–water partition coefficient (Wildman–Crippen LogP) is 4.92. The molecule has 0 aliphatic carbocycles. The number of non-ortho nitro benzene ring substituents is 1. The lowest BCUT2D eigenvalue weighted by Gasteiger charge is -2.29. The van der Waals surface area contributed by atoms with Crippen molar-refractivity contribution in [3.05, 3.63) is 74.2 Å². The molecule has 172 valence electrons. The minimum Gasteiger partial charge on any atom is -0.354 e. The average Bonchev–Trinajstić information content (AvgIpc) is 2.77. The molecule has 2 aromatic carbocycles. The van der Waals surface area contributed by atoms with E-state index in [4.69, 9.17) is 0 Å². The Bertz CT molecular complexity index is 924. The van der Waals surface area contributed by atoms with Crippen molar-refractivity contribution in [3.8, 4) is 0 Å². The van der Waals surface area contributed by atoms with Gasteiger partial charge >= 0.3 is 0 Å². The number of nitro benzene ring substituents is 1. The van der Waals surface area contributed by atoms with Crippen LogP contribution in [-0.2, 0) is 21.9 Å². The van der Waals surface area contributed by atoms with Crippen molar-refractivity contribution in [2.75, 3.05) is 12.3 Å². The summed E-state index contributed by atoms with van der Waals surface area (Å²) in [4.78, 5) is 37.6. The molecule has 0 aromatic heterocycles. The Morgan fingerprint density at radius 2 is 1.91 bits per heavy atom. The second-order valence-electron chi connectivity index (χ2n) is 7.39. The minimum atomic E-state index is -0.599. The maximum atomic E-state index is 13.1. The van der Waals surface area contributed by atoms with E-state index in [0.29, 0.717) is 18.8 Å². The molecule has 2 aromatic rings. The van der Waals surface area contributed by atoms with Gasteiger partial charge < -0.3 is 10.2 Å². The summed E-state index contributed by atoms with van der Waals surface area (Å²) in [6.07, 6.45) is 1.87. The number of hydrogen-bond acceptors (Lipinski definition) is 5. The molecule has 32 heavy (non-hydrogen) atoms. The fourth-order valence-corrected chi connectivity index (χ4v) is 4.32. The highest BCUT2D eigenvalue weighted by Crippen LogP contribution is 2.19. The molecule has 0 radical (unpaired) electrons. The number of nitrogens with zero attached hydrogens (tertiary/aromatic N) is 2. The topological polar surface area (TPSA) is 92.6 Å². The van der Waals surface area contributed by atoms with Gasteiger partial charge in [-0.05, 0) is 36.6 Å². The number of thioether (sulfide) groups is 1. The minimum absolute atomic E-state index is 0.0398. The first kappa shape index (κ1) is 25.9. The molecule has 9 heteroatoms. The standard InChI is InChI=1S/C23H28BrN3O4S/c1-3-4-12-25-23(29)17(2)26(14-19-6-5-7-20(24)13-19)22(28)16-32-15-18-8-10-21(11-9-18)27(30)31/h5-11,13,17H,3-4,12,14-16H2,1-2H3,(H,25,29). The van der Waals surface area contributed by atoms with Crippen molar-refractivity contribution in [3.63, 3.8) is 0 Å². The van der Waals surface area contributed by atoms with Crippen LogP contribution >= 0.6 is 27.7 Å². The summed E-state index contributed by atoms with van der Waals surface area (Å²) in [6, 6.07) is 13.4. The number of hydrogen-bond donors (Lipinski definition) is 1. The molecule has 0 saturated heterocycles. The van der Waals surface area contributed by atoms with Gasteiger partial charge in [0.2, 0.25) is 11.8 Å². The molecule has 2 rings (SSSR count). The molecule has 1 N–H and O–H groups in total. The first-order valence-corrected chi connectivity index (χ1v) is 12.4. The number of benzene rings is 2. The second-order valence-corrected chi connectivity index (χ2v) is 9.29. The first-order valence-electron chi connectivity index (χ1n) is 10.4. The van der Waals surface area contributed by atoms with Crippen molar-refractivity contribution in [2.45, 2.75) is 45.0 Å². The van der Waals surface area contributed by atoms with Gasteiger partial charge in [-0.2, -0.15) is 0 Å². The van der Waals surface area contributed by atoms with Gasteiger partial charge in [-0.1, -0.05) is 53.5 Å². The first-order chi connectivity index (χ1) is 15.3. The van der Waals surface area contributed by atoms with Gasteiger partial charge in [0, 0.05) is 35.4 Å². The predicted molar refractivity (Wildman–Crippen MR) is 131 cm³/mol. The van der Waals surface area contributed by atoms with Crippen LogP contribution in [0.25, 0.3) is 0 Å². The molecule has 0 bridgehead atoms. The summed E-state index contributed by atoms with van der Waals surface area (Å²) >= 11 is 4.87. The lowest BCUT2D eigenvalue weighted by atomic mass is 10.1. The third-order valence-electron chi connectivity index (χ3n) is 4.88. The van der Waals surface area contributed by atoms with Gasteiger partial charge in [0.25, 0.3) is 5.69 Å². The van der Waals surface area contributed by atoms with Gasteiger partial charge in [-0.15, -0.1) is 11.8 Å². The van der Waals surface area contributed by atoms with Crippen LogP contribution in [0.1, 0.15) is 37.8 Å². The van der Waals surface area contributed by atoms with Crippen LogP contribution < -0.4 is 5.32 Å². The largest absolute Gasteiger partial charge is 0.354 e. The molecule has 0 aliphatic heterocycles. The number of carbonyl (C=O) groups excluding carboxylic acids is 2. The molecular weight excluding hydrogens is 494 g/mol. The average molecular weight is 522 g/mol. The van der Waals surface area contributed by atoms with Crippen molar-refractivity contribution < 1.29 is 14.5 Å². The summed E-state index contributed by atoms with van der Waals surface area (Å²) in [5.74, 6) is 0.459. The molecule has 0 spiro atoms. The maximum Gasteiger partial charge on any atom is 0.269 e. The Balaban J connectivity index is 2.03.